The Hall–Kier alpha value is -1.98. The number of amides is 1. The summed E-state index contributed by atoms with van der Waals surface area (Å²) in [7, 11) is 0. The Bertz CT molecular complexity index is 710. The van der Waals surface area contributed by atoms with Gasteiger partial charge in [0.05, 0.1) is 17.5 Å². The first-order valence-corrected chi connectivity index (χ1v) is 8.89. The monoisotopic (exact) mass is 347 g/mol. The van der Waals surface area contributed by atoms with Crippen molar-refractivity contribution in [3.8, 4) is 6.07 Å². The number of aromatic amines is 1. The van der Waals surface area contributed by atoms with Crippen LogP contribution in [0.25, 0.3) is 0 Å². The maximum absolute atomic E-state index is 12.1. The number of hydrogen-bond acceptors (Lipinski definition) is 6. The lowest BCUT2D eigenvalue weighted by Gasteiger charge is -2.13. The summed E-state index contributed by atoms with van der Waals surface area (Å²) >= 11 is 2.86. The van der Waals surface area contributed by atoms with E-state index in [9.17, 15) is 4.79 Å². The van der Waals surface area contributed by atoms with Gasteiger partial charge < -0.3 is 5.32 Å². The molecule has 2 N–H and O–H groups in total. The molecule has 8 heteroatoms. The summed E-state index contributed by atoms with van der Waals surface area (Å²) in [5.41, 5.74) is 0.763. The number of aromatic nitrogens is 3. The molecule has 1 aromatic carbocycles. The van der Waals surface area contributed by atoms with Gasteiger partial charge in [-0.25, -0.2) is 4.98 Å². The number of anilines is 1. The van der Waals surface area contributed by atoms with Crippen LogP contribution in [-0.2, 0) is 4.79 Å². The summed E-state index contributed by atoms with van der Waals surface area (Å²) in [4.78, 5) is 17.2. The smallest absolute Gasteiger partial charge is 0.234 e. The van der Waals surface area contributed by atoms with Gasteiger partial charge in [0.15, 0.2) is 0 Å². The standard InChI is InChI=1S/C15H17N5OS2/c1-10(7-8-16)23-13-6-4-3-5-12(13)18-14(21)9-22-15-17-11(2)19-20-15/h3-6,10H,7,9H2,1-2H3,(H,18,21)(H,17,19,20)/t10-/m0/s1. The lowest BCUT2D eigenvalue weighted by molar-refractivity contribution is -0.113. The molecule has 1 aromatic heterocycles. The molecule has 0 spiro atoms. The van der Waals surface area contributed by atoms with Gasteiger partial charge >= 0.3 is 0 Å². The number of rotatable bonds is 7. The van der Waals surface area contributed by atoms with Gasteiger partial charge in [-0.05, 0) is 19.1 Å². The molecule has 120 valence electrons. The minimum atomic E-state index is -0.113. The van der Waals surface area contributed by atoms with Crippen molar-refractivity contribution in [1.82, 2.24) is 15.2 Å². The molecular formula is C15H17N5OS2. The van der Waals surface area contributed by atoms with E-state index in [4.69, 9.17) is 5.26 Å². The van der Waals surface area contributed by atoms with E-state index < -0.39 is 0 Å². The van der Waals surface area contributed by atoms with Gasteiger partial charge in [-0.1, -0.05) is 30.8 Å². The summed E-state index contributed by atoms with van der Waals surface area (Å²) < 4.78 is 0. The molecule has 0 saturated carbocycles. The number of thioether (sulfide) groups is 2. The molecule has 0 bridgehead atoms. The Morgan fingerprint density at radius 2 is 2.26 bits per heavy atom. The van der Waals surface area contributed by atoms with Gasteiger partial charge in [-0.2, -0.15) is 5.26 Å². The quantitative estimate of drug-likeness (QED) is 0.747. The van der Waals surface area contributed by atoms with Gasteiger partial charge in [0.1, 0.15) is 5.82 Å². The minimum Gasteiger partial charge on any atom is -0.324 e. The van der Waals surface area contributed by atoms with Crippen LogP contribution in [0, 0.1) is 18.3 Å². The molecule has 2 aromatic rings. The minimum absolute atomic E-state index is 0.113. The van der Waals surface area contributed by atoms with Crippen LogP contribution in [0.2, 0.25) is 0 Å². The summed E-state index contributed by atoms with van der Waals surface area (Å²) in [6, 6.07) is 9.76. The SMILES string of the molecule is Cc1nc(SCC(=O)Nc2ccccc2S[C@@H](C)CC#N)n[nH]1. The van der Waals surface area contributed by atoms with Crippen LogP contribution < -0.4 is 5.32 Å². The molecule has 1 amide bonds. The maximum atomic E-state index is 12.1. The number of hydrogen-bond donors (Lipinski definition) is 2. The number of carbonyl (C=O) groups excluding carboxylic acids is 1. The van der Waals surface area contributed by atoms with Crippen molar-refractivity contribution in [3.63, 3.8) is 0 Å². The average Bonchev–Trinajstić information content (AvgIpc) is 2.93. The molecule has 0 aliphatic rings. The maximum Gasteiger partial charge on any atom is 0.234 e. The van der Waals surface area contributed by atoms with E-state index in [-0.39, 0.29) is 16.9 Å². The van der Waals surface area contributed by atoms with Crippen LogP contribution in [0.4, 0.5) is 5.69 Å². The van der Waals surface area contributed by atoms with Crippen molar-refractivity contribution in [3.05, 3.63) is 30.1 Å². The van der Waals surface area contributed by atoms with E-state index in [0.717, 1.165) is 16.4 Å². The number of H-pyrrole nitrogens is 1. The largest absolute Gasteiger partial charge is 0.324 e. The highest BCUT2D eigenvalue weighted by Gasteiger charge is 2.11. The molecule has 23 heavy (non-hydrogen) atoms. The van der Waals surface area contributed by atoms with Crippen molar-refractivity contribution >= 4 is 35.1 Å². The molecule has 0 fully saturated rings. The normalized spacial score (nSPS) is 11.7. The van der Waals surface area contributed by atoms with Crippen molar-refractivity contribution in [2.24, 2.45) is 0 Å². The summed E-state index contributed by atoms with van der Waals surface area (Å²) in [6.07, 6.45) is 0.465. The van der Waals surface area contributed by atoms with E-state index in [1.165, 1.54) is 11.8 Å². The van der Waals surface area contributed by atoms with Crippen LogP contribution in [-0.4, -0.2) is 32.1 Å². The highest BCUT2D eigenvalue weighted by atomic mass is 32.2. The third-order valence-electron chi connectivity index (χ3n) is 2.78. The van der Waals surface area contributed by atoms with Crippen molar-refractivity contribution < 1.29 is 4.79 Å². The average molecular weight is 347 g/mol. The molecular weight excluding hydrogens is 330 g/mol. The lowest BCUT2D eigenvalue weighted by atomic mass is 10.3. The zero-order valence-electron chi connectivity index (χ0n) is 12.9. The van der Waals surface area contributed by atoms with E-state index in [1.807, 2.05) is 38.1 Å². The van der Waals surface area contributed by atoms with Crippen molar-refractivity contribution in [2.45, 2.75) is 35.6 Å². The third kappa shape index (κ3) is 5.62. The zero-order chi connectivity index (χ0) is 16.7. The van der Waals surface area contributed by atoms with E-state index in [1.54, 1.807) is 11.8 Å². The predicted octanol–water partition coefficient (Wildman–Crippen LogP) is 3.24. The van der Waals surface area contributed by atoms with Gasteiger partial charge in [-0.3, -0.25) is 9.89 Å². The Balaban J connectivity index is 1.93. The number of aryl methyl sites for hydroxylation is 1. The van der Waals surface area contributed by atoms with Crippen LogP contribution in [0.3, 0.4) is 0 Å². The van der Waals surface area contributed by atoms with Gasteiger partial charge in [0, 0.05) is 16.6 Å². The fraction of sp³-hybridized carbons (Fsp3) is 0.333. The zero-order valence-corrected chi connectivity index (χ0v) is 14.5. The van der Waals surface area contributed by atoms with Gasteiger partial charge in [0.2, 0.25) is 11.1 Å². The first kappa shape index (κ1) is 17.4. The van der Waals surface area contributed by atoms with Crippen LogP contribution in [0.5, 0.6) is 0 Å². The number of benzene rings is 1. The molecule has 0 aliphatic heterocycles. The molecule has 2 rings (SSSR count). The number of nitrogens with zero attached hydrogens (tertiary/aromatic N) is 3. The topological polar surface area (TPSA) is 94.5 Å². The number of nitrogens with one attached hydrogen (secondary N) is 2. The lowest BCUT2D eigenvalue weighted by Crippen LogP contribution is -2.15. The molecule has 1 atom stereocenters. The molecule has 1 heterocycles. The molecule has 0 saturated heterocycles. The summed E-state index contributed by atoms with van der Waals surface area (Å²) in [6.45, 7) is 3.81. The van der Waals surface area contributed by atoms with Gasteiger partial charge in [0.25, 0.3) is 0 Å². The molecule has 0 unspecified atom stereocenters. The van der Waals surface area contributed by atoms with E-state index in [2.05, 4.69) is 26.6 Å². The first-order valence-electron chi connectivity index (χ1n) is 7.02. The van der Waals surface area contributed by atoms with Crippen molar-refractivity contribution in [2.75, 3.05) is 11.1 Å². The first-order chi connectivity index (χ1) is 11.1. The fourth-order valence-electron chi connectivity index (χ4n) is 1.76. The number of nitriles is 1. The Labute approximate surface area is 143 Å². The number of carbonyl (C=O) groups is 1. The summed E-state index contributed by atoms with van der Waals surface area (Å²) in [5.74, 6) is 0.851. The fourth-order valence-corrected chi connectivity index (χ4v) is 3.40. The predicted molar refractivity (Wildman–Crippen MR) is 92.5 cm³/mol. The van der Waals surface area contributed by atoms with Crippen LogP contribution in [0.1, 0.15) is 19.2 Å². The highest BCUT2D eigenvalue weighted by molar-refractivity contribution is 8.00. The van der Waals surface area contributed by atoms with E-state index in [0.29, 0.717) is 11.6 Å². The Morgan fingerprint density at radius 3 is 2.96 bits per heavy atom. The van der Waals surface area contributed by atoms with E-state index >= 15 is 0 Å². The van der Waals surface area contributed by atoms with Crippen LogP contribution >= 0.6 is 23.5 Å². The summed E-state index contributed by atoms with van der Waals surface area (Å²) in [5, 5.41) is 19.1. The second-order valence-electron chi connectivity index (χ2n) is 4.83. The Morgan fingerprint density at radius 1 is 1.48 bits per heavy atom. The Kier molecular flexibility index (Phi) is 6.50. The molecule has 0 aliphatic carbocycles. The number of para-hydroxylation sites is 1. The van der Waals surface area contributed by atoms with Crippen molar-refractivity contribution in [1.29, 1.82) is 5.26 Å². The second-order valence-corrected chi connectivity index (χ2v) is 7.25. The third-order valence-corrected chi connectivity index (χ3v) is 4.80. The molecule has 6 nitrogen and oxygen atoms in total. The highest BCUT2D eigenvalue weighted by Crippen LogP contribution is 2.31. The molecule has 0 radical (unpaired) electrons. The van der Waals surface area contributed by atoms with Gasteiger partial charge in [-0.15, -0.1) is 16.9 Å². The second kappa shape index (κ2) is 8.60. The van der Waals surface area contributed by atoms with Crippen LogP contribution in [0.15, 0.2) is 34.3 Å².